The lowest BCUT2D eigenvalue weighted by Crippen LogP contribution is -2.13. The summed E-state index contributed by atoms with van der Waals surface area (Å²) in [4.78, 5) is 29.2. The number of amides is 1. The number of imidazole rings is 1. The molecule has 1 N–H and O–H groups in total. The molecular weight excluding hydrogens is 418 g/mol. The predicted molar refractivity (Wildman–Crippen MR) is 126 cm³/mol. The van der Waals surface area contributed by atoms with Crippen molar-refractivity contribution in [2.75, 3.05) is 11.9 Å². The van der Waals surface area contributed by atoms with Gasteiger partial charge < -0.3 is 19.2 Å². The first-order chi connectivity index (χ1) is 16.1. The quantitative estimate of drug-likeness (QED) is 0.352. The third kappa shape index (κ3) is 5.98. The van der Waals surface area contributed by atoms with Crippen LogP contribution in [0, 0.1) is 0 Å². The van der Waals surface area contributed by atoms with Crippen LogP contribution in [-0.2, 0) is 11.4 Å². The fourth-order valence-corrected chi connectivity index (χ4v) is 3.38. The van der Waals surface area contributed by atoms with Gasteiger partial charge in [0.15, 0.2) is 5.78 Å². The summed E-state index contributed by atoms with van der Waals surface area (Å²) in [6.07, 6.45) is 4.08. The molecule has 2 aromatic heterocycles. The topological polar surface area (TPSA) is 81.9 Å². The number of ether oxygens (including phenoxy) is 2. The van der Waals surface area contributed by atoms with Crippen LogP contribution in [0.2, 0.25) is 0 Å². The lowest BCUT2D eigenvalue weighted by molar-refractivity contribution is -0.116. The van der Waals surface area contributed by atoms with Gasteiger partial charge in [-0.15, -0.1) is 0 Å². The van der Waals surface area contributed by atoms with Gasteiger partial charge in [-0.1, -0.05) is 12.1 Å². The summed E-state index contributed by atoms with van der Waals surface area (Å²) in [5, 5.41) is 2.82. The maximum absolute atomic E-state index is 12.4. The molecule has 168 valence electrons. The SMILES string of the molecule is CCOc1ccc(C(=O)CCC(=O)Nc2cccc(OCc3cn4ccccc4n3)c2)cc1. The number of ketones is 1. The molecule has 0 aliphatic rings. The smallest absolute Gasteiger partial charge is 0.224 e. The highest BCUT2D eigenvalue weighted by molar-refractivity contribution is 6.00. The number of rotatable bonds is 10. The van der Waals surface area contributed by atoms with E-state index in [4.69, 9.17) is 9.47 Å². The van der Waals surface area contributed by atoms with Gasteiger partial charge in [0.05, 0.1) is 12.3 Å². The molecule has 0 spiro atoms. The molecule has 7 nitrogen and oxygen atoms in total. The Hall–Kier alpha value is -4.13. The molecule has 0 aliphatic carbocycles. The Morgan fingerprint density at radius 1 is 0.939 bits per heavy atom. The van der Waals surface area contributed by atoms with Crippen molar-refractivity contribution >= 4 is 23.0 Å². The van der Waals surface area contributed by atoms with E-state index in [-0.39, 0.29) is 24.5 Å². The zero-order chi connectivity index (χ0) is 23.0. The number of fused-ring (bicyclic) bond motifs is 1. The fourth-order valence-electron chi connectivity index (χ4n) is 3.38. The molecule has 0 aliphatic heterocycles. The van der Waals surface area contributed by atoms with E-state index in [1.54, 1.807) is 42.5 Å². The lowest BCUT2D eigenvalue weighted by atomic mass is 10.1. The van der Waals surface area contributed by atoms with Gasteiger partial charge in [0.2, 0.25) is 5.91 Å². The van der Waals surface area contributed by atoms with E-state index in [0.29, 0.717) is 30.2 Å². The summed E-state index contributed by atoms with van der Waals surface area (Å²) in [5.41, 5.74) is 2.84. The molecule has 1 amide bonds. The summed E-state index contributed by atoms with van der Waals surface area (Å²) >= 11 is 0. The molecule has 0 bridgehead atoms. The molecular formula is C26H25N3O4. The minimum atomic E-state index is -0.230. The van der Waals surface area contributed by atoms with Gasteiger partial charge in [0.1, 0.15) is 23.8 Å². The highest BCUT2D eigenvalue weighted by Crippen LogP contribution is 2.20. The third-order valence-corrected chi connectivity index (χ3v) is 4.98. The van der Waals surface area contributed by atoms with Crippen molar-refractivity contribution in [2.45, 2.75) is 26.4 Å². The van der Waals surface area contributed by atoms with Gasteiger partial charge in [0.25, 0.3) is 0 Å². The number of benzene rings is 2. The maximum Gasteiger partial charge on any atom is 0.224 e. The highest BCUT2D eigenvalue weighted by atomic mass is 16.5. The third-order valence-electron chi connectivity index (χ3n) is 4.98. The molecule has 7 heteroatoms. The predicted octanol–water partition coefficient (Wildman–Crippen LogP) is 4.91. The molecule has 0 atom stereocenters. The van der Waals surface area contributed by atoms with Gasteiger partial charge in [-0.25, -0.2) is 4.98 Å². The monoisotopic (exact) mass is 443 g/mol. The minimum absolute atomic E-state index is 0.0854. The zero-order valence-corrected chi connectivity index (χ0v) is 18.4. The number of nitrogens with zero attached hydrogens (tertiary/aromatic N) is 2. The molecule has 0 unspecified atom stereocenters. The van der Waals surface area contributed by atoms with E-state index in [1.807, 2.05) is 48.0 Å². The number of carbonyl (C=O) groups excluding carboxylic acids is 2. The van der Waals surface area contributed by atoms with Gasteiger partial charge in [-0.3, -0.25) is 9.59 Å². The van der Waals surface area contributed by atoms with Crippen LogP contribution >= 0.6 is 0 Å². The van der Waals surface area contributed by atoms with Crippen LogP contribution in [0.1, 0.15) is 35.8 Å². The number of carbonyl (C=O) groups is 2. The number of nitrogens with one attached hydrogen (secondary N) is 1. The molecule has 0 fully saturated rings. The number of anilines is 1. The van der Waals surface area contributed by atoms with Crippen molar-refractivity contribution in [3.8, 4) is 11.5 Å². The lowest BCUT2D eigenvalue weighted by Gasteiger charge is -2.09. The second kappa shape index (κ2) is 10.5. The van der Waals surface area contributed by atoms with E-state index in [9.17, 15) is 9.59 Å². The molecule has 0 saturated heterocycles. The molecule has 33 heavy (non-hydrogen) atoms. The van der Waals surface area contributed by atoms with E-state index >= 15 is 0 Å². The fraction of sp³-hybridized carbons (Fsp3) is 0.192. The summed E-state index contributed by atoms with van der Waals surface area (Å²) in [5.74, 6) is 1.02. The Morgan fingerprint density at radius 2 is 1.79 bits per heavy atom. The molecule has 4 rings (SSSR count). The summed E-state index contributed by atoms with van der Waals surface area (Å²) in [6, 6.07) is 19.9. The number of Topliss-reactive ketones (excluding diaryl/α,β-unsaturated/α-hetero) is 1. The Morgan fingerprint density at radius 3 is 2.58 bits per heavy atom. The molecule has 0 saturated carbocycles. The first-order valence-electron chi connectivity index (χ1n) is 10.8. The van der Waals surface area contributed by atoms with Crippen molar-refractivity contribution < 1.29 is 19.1 Å². The van der Waals surface area contributed by atoms with Crippen LogP contribution in [0.25, 0.3) is 5.65 Å². The maximum atomic E-state index is 12.4. The Kier molecular flexibility index (Phi) is 6.99. The number of hydrogen-bond donors (Lipinski definition) is 1. The summed E-state index contributed by atoms with van der Waals surface area (Å²) in [7, 11) is 0. The average molecular weight is 444 g/mol. The standard InChI is InChI=1S/C26H25N3O4/c1-2-32-22-11-9-19(10-12-22)24(30)13-14-26(31)28-20-6-5-7-23(16-20)33-18-21-17-29-15-4-3-8-25(29)27-21/h3-12,15-17H,2,13-14,18H2,1H3,(H,28,31). The Bertz CT molecular complexity index is 1210. The van der Waals surface area contributed by atoms with Crippen molar-refractivity contribution in [3.63, 3.8) is 0 Å². The van der Waals surface area contributed by atoms with Crippen LogP contribution in [-0.4, -0.2) is 27.7 Å². The number of hydrogen-bond acceptors (Lipinski definition) is 5. The molecule has 0 radical (unpaired) electrons. The first-order valence-corrected chi connectivity index (χ1v) is 10.8. The van der Waals surface area contributed by atoms with Crippen LogP contribution in [0.5, 0.6) is 11.5 Å². The van der Waals surface area contributed by atoms with E-state index < -0.39 is 0 Å². The molecule has 4 aromatic rings. The average Bonchev–Trinajstić information content (AvgIpc) is 3.25. The van der Waals surface area contributed by atoms with E-state index in [0.717, 1.165) is 17.1 Å². The molecule has 2 aromatic carbocycles. The van der Waals surface area contributed by atoms with Crippen LogP contribution in [0.15, 0.2) is 79.1 Å². The van der Waals surface area contributed by atoms with Gasteiger partial charge >= 0.3 is 0 Å². The minimum Gasteiger partial charge on any atom is -0.494 e. The molecule has 2 heterocycles. The van der Waals surface area contributed by atoms with E-state index in [2.05, 4.69) is 10.3 Å². The number of aromatic nitrogens is 2. The van der Waals surface area contributed by atoms with Gasteiger partial charge in [-0.05, 0) is 55.5 Å². The zero-order valence-electron chi connectivity index (χ0n) is 18.4. The second-order valence-electron chi connectivity index (χ2n) is 7.44. The van der Waals surface area contributed by atoms with Gasteiger partial charge in [-0.2, -0.15) is 0 Å². The Balaban J connectivity index is 1.27. The second-order valence-corrected chi connectivity index (χ2v) is 7.44. The van der Waals surface area contributed by atoms with E-state index in [1.165, 1.54) is 0 Å². The Labute approximate surface area is 192 Å². The van der Waals surface area contributed by atoms with Crippen LogP contribution in [0.4, 0.5) is 5.69 Å². The van der Waals surface area contributed by atoms with Crippen molar-refractivity contribution in [2.24, 2.45) is 0 Å². The number of pyridine rings is 1. The van der Waals surface area contributed by atoms with Crippen LogP contribution < -0.4 is 14.8 Å². The van der Waals surface area contributed by atoms with Crippen molar-refractivity contribution in [1.82, 2.24) is 9.38 Å². The van der Waals surface area contributed by atoms with Gasteiger partial charge in [0, 0.05) is 42.6 Å². The van der Waals surface area contributed by atoms with Crippen molar-refractivity contribution in [1.29, 1.82) is 0 Å². The summed E-state index contributed by atoms with van der Waals surface area (Å²) < 4.78 is 13.2. The largest absolute Gasteiger partial charge is 0.494 e. The highest BCUT2D eigenvalue weighted by Gasteiger charge is 2.11. The summed E-state index contributed by atoms with van der Waals surface area (Å²) in [6.45, 7) is 2.79. The van der Waals surface area contributed by atoms with Crippen LogP contribution in [0.3, 0.4) is 0 Å². The van der Waals surface area contributed by atoms with Crippen molar-refractivity contribution in [3.05, 3.63) is 90.4 Å². The normalized spacial score (nSPS) is 10.7. The first kappa shape index (κ1) is 22.1.